The van der Waals surface area contributed by atoms with Crippen LogP contribution >= 0.6 is 35.3 Å². The number of rotatable bonds is 9. The van der Waals surface area contributed by atoms with Gasteiger partial charge < -0.3 is 14.4 Å². The van der Waals surface area contributed by atoms with Gasteiger partial charge in [0.2, 0.25) is 0 Å². The second-order valence-corrected chi connectivity index (χ2v) is 8.65. The van der Waals surface area contributed by atoms with Gasteiger partial charge >= 0.3 is 0 Å². The van der Waals surface area contributed by atoms with Crippen LogP contribution in [-0.2, 0) is 0 Å². The van der Waals surface area contributed by atoms with Gasteiger partial charge in [0.25, 0.3) is 11.6 Å². The van der Waals surface area contributed by atoms with Gasteiger partial charge in [-0.2, -0.15) is 0 Å². The number of nitro benzene ring substituents is 1. The molecule has 0 fully saturated rings. The van der Waals surface area contributed by atoms with E-state index in [9.17, 15) is 14.9 Å². The third-order valence-electron chi connectivity index (χ3n) is 4.73. The smallest absolute Gasteiger partial charge is 0.286 e. The molecule has 12 heteroatoms. The number of halogens is 2. The van der Waals surface area contributed by atoms with Crippen LogP contribution in [0.5, 0.6) is 11.5 Å². The molecule has 1 heterocycles. The molecule has 0 radical (unpaired) electrons. The molecule has 0 aliphatic carbocycles. The maximum absolute atomic E-state index is 13.6. The predicted molar refractivity (Wildman–Crippen MR) is 133 cm³/mol. The summed E-state index contributed by atoms with van der Waals surface area (Å²) in [4.78, 5) is 32.8. The van der Waals surface area contributed by atoms with E-state index in [1.54, 1.807) is 18.2 Å². The first-order chi connectivity index (χ1) is 15.2. The van der Waals surface area contributed by atoms with Gasteiger partial charge in [0.1, 0.15) is 5.56 Å². The Balaban J connectivity index is 0.00000385. The summed E-state index contributed by atoms with van der Waals surface area (Å²) >= 11 is 7.40. The van der Waals surface area contributed by atoms with Gasteiger partial charge in [0.05, 0.1) is 35.4 Å². The molecule has 3 rings (SSSR count). The monoisotopic (exact) mass is 514 g/mol. The first kappa shape index (κ1) is 26.6. The summed E-state index contributed by atoms with van der Waals surface area (Å²) in [6, 6.07) is 7.81. The van der Waals surface area contributed by atoms with Crippen molar-refractivity contribution in [2.75, 3.05) is 46.3 Å². The molecule has 1 aromatic heterocycles. The van der Waals surface area contributed by atoms with Gasteiger partial charge in [-0.3, -0.25) is 19.8 Å². The van der Waals surface area contributed by atoms with Crippen molar-refractivity contribution in [3.05, 3.63) is 51.0 Å². The number of fused-ring (bicyclic) bond motifs is 1. The molecule has 0 aliphatic rings. The van der Waals surface area contributed by atoms with Gasteiger partial charge in [-0.25, -0.2) is 4.98 Å². The third kappa shape index (κ3) is 6.02. The minimum atomic E-state index is -0.606. The molecule has 0 bridgehead atoms. The van der Waals surface area contributed by atoms with E-state index in [2.05, 4.69) is 4.98 Å². The first-order valence-corrected chi connectivity index (χ1v) is 10.9. The Morgan fingerprint density at radius 3 is 2.42 bits per heavy atom. The largest absolute Gasteiger partial charge is 0.493 e. The van der Waals surface area contributed by atoms with Crippen molar-refractivity contribution >= 4 is 62.3 Å². The quantitative estimate of drug-likeness (QED) is 0.296. The summed E-state index contributed by atoms with van der Waals surface area (Å²) in [5.74, 6) is -0.142. The Morgan fingerprint density at radius 2 is 1.82 bits per heavy atom. The standard InChI is InChI=1S/C21H23ClN4O5S.ClH/c1-24(2)8-5-9-25(21-23-15-7-6-13(22)10-19(15)32-21)20(27)14-11-17(30-3)18(31-4)12-16(14)26(28)29;/h6-7,10-12H,5,8-9H2,1-4H3;1H. The zero-order valence-corrected chi connectivity index (χ0v) is 20.9. The molecule has 0 unspecified atom stereocenters. The number of thiazole rings is 1. The number of aromatic nitrogens is 1. The van der Waals surface area contributed by atoms with Crippen LogP contribution in [0.2, 0.25) is 5.02 Å². The van der Waals surface area contributed by atoms with Gasteiger partial charge in [0.15, 0.2) is 16.6 Å². The van der Waals surface area contributed by atoms with E-state index in [0.29, 0.717) is 28.6 Å². The van der Waals surface area contributed by atoms with Crippen LogP contribution in [0.25, 0.3) is 10.2 Å². The number of hydrogen-bond acceptors (Lipinski definition) is 8. The van der Waals surface area contributed by atoms with Crippen LogP contribution in [0.1, 0.15) is 16.8 Å². The molecule has 0 aliphatic heterocycles. The van der Waals surface area contributed by atoms with E-state index < -0.39 is 10.8 Å². The fraction of sp³-hybridized carbons (Fsp3) is 0.333. The average Bonchev–Trinajstić information content (AvgIpc) is 3.17. The number of nitro groups is 1. The zero-order chi connectivity index (χ0) is 23.4. The highest BCUT2D eigenvalue weighted by atomic mass is 35.5. The summed E-state index contributed by atoms with van der Waals surface area (Å²) < 4.78 is 11.3. The maximum atomic E-state index is 13.6. The summed E-state index contributed by atoms with van der Waals surface area (Å²) in [7, 11) is 6.66. The van der Waals surface area contributed by atoms with Gasteiger partial charge in [-0.1, -0.05) is 22.9 Å². The Kier molecular flexibility index (Phi) is 9.24. The summed E-state index contributed by atoms with van der Waals surface area (Å²) in [5, 5.41) is 12.7. The van der Waals surface area contributed by atoms with Gasteiger partial charge in [0, 0.05) is 17.6 Å². The number of hydrogen-bond donors (Lipinski definition) is 0. The van der Waals surface area contributed by atoms with Crippen LogP contribution in [0.15, 0.2) is 30.3 Å². The zero-order valence-electron chi connectivity index (χ0n) is 18.5. The topological polar surface area (TPSA) is 98.0 Å². The third-order valence-corrected chi connectivity index (χ3v) is 6.01. The minimum absolute atomic E-state index is 0. The Morgan fingerprint density at radius 1 is 1.15 bits per heavy atom. The number of ether oxygens (including phenoxy) is 2. The lowest BCUT2D eigenvalue weighted by atomic mass is 10.1. The number of benzene rings is 2. The first-order valence-electron chi connectivity index (χ1n) is 9.68. The molecule has 9 nitrogen and oxygen atoms in total. The summed E-state index contributed by atoms with van der Waals surface area (Å²) in [6.07, 6.45) is 0.649. The summed E-state index contributed by atoms with van der Waals surface area (Å²) in [6.45, 7) is 1.06. The van der Waals surface area contributed by atoms with Crippen LogP contribution in [0.3, 0.4) is 0 Å². The van der Waals surface area contributed by atoms with E-state index in [4.69, 9.17) is 21.1 Å². The second-order valence-electron chi connectivity index (χ2n) is 7.20. The predicted octanol–water partition coefficient (Wildman–Crippen LogP) is 4.90. The van der Waals surface area contributed by atoms with E-state index in [0.717, 1.165) is 11.2 Å². The van der Waals surface area contributed by atoms with Gasteiger partial charge in [-0.15, -0.1) is 12.4 Å². The maximum Gasteiger partial charge on any atom is 0.286 e. The lowest BCUT2D eigenvalue weighted by Crippen LogP contribution is -2.34. The SMILES string of the molecule is COc1cc(C(=O)N(CCCN(C)C)c2nc3ccc(Cl)cc3s2)c([N+](=O)[O-])cc1OC.Cl. The van der Waals surface area contributed by atoms with Crippen molar-refractivity contribution in [3.8, 4) is 11.5 Å². The Hall–Kier alpha value is -2.66. The molecule has 178 valence electrons. The van der Waals surface area contributed by atoms with E-state index in [-0.39, 0.29) is 35.2 Å². The Labute approximate surface area is 206 Å². The van der Waals surface area contributed by atoms with Crippen LogP contribution in [-0.4, -0.2) is 62.1 Å². The molecular formula is C21H24Cl2N4O5S. The summed E-state index contributed by atoms with van der Waals surface area (Å²) in [5.41, 5.74) is 0.228. The van der Waals surface area contributed by atoms with Crippen molar-refractivity contribution in [2.24, 2.45) is 0 Å². The fourth-order valence-electron chi connectivity index (χ4n) is 3.17. The van der Waals surface area contributed by atoms with Gasteiger partial charge in [-0.05, 0) is 45.3 Å². The van der Waals surface area contributed by atoms with E-state index in [1.807, 2.05) is 19.0 Å². The normalized spacial score (nSPS) is 10.7. The van der Waals surface area contributed by atoms with E-state index >= 15 is 0 Å². The van der Waals surface area contributed by atoms with Crippen molar-refractivity contribution in [1.82, 2.24) is 9.88 Å². The highest BCUT2D eigenvalue weighted by Gasteiger charge is 2.30. The van der Waals surface area contributed by atoms with Crippen LogP contribution in [0.4, 0.5) is 10.8 Å². The minimum Gasteiger partial charge on any atom is -0.493 e. The van der Waals surface area contributed by atoms with Crippen LogP contribution < -0.4 is 14.4 Å². The molecule has 0 saturated heterocycles. The number of methoxy groups -OCH3 is 2. The lowest BCUT2D eigenvalue weighted by molar-refractivity contribution is -0.385. The van der Waals surface area contributed by atoms with E-state index in [1.165, 1.54) is 42.6 Å². The molecule has 0 spiro atoms. The van der Waals surface area contributed by atoms with Crippen LogP contribution in [0, 0.1) is 10.1 Å². The molecule has 2 aromatic carbocycles. The lowest BCUT2D eigenvalue weighted by Gasteiger charge is -2.21. The second kappa shape index (κ2) is 11.5. The number of carbonyl (C=O) groups is 1. The number of carbonyl (C=O) groups excluding carboxylic acids is 1. The molecule has 0 saturated carbocycles. The number of nitrogens with zero attached hydrogens (tertiary/aromatic N) is 4. The molecule has 33 heavy (non-hydrogen) atoms. The van der Waals surface area contributed by atoms with Crippen molar-refractivity contribution in [3.63, 3.8) is 0 Å². The van der Waals surface area contributed by atoms with Crippen molar-refractivity contribution in [1.29, 1.82) is 0 Å². The molecule has 3 aromatic rings. The molecular weight excluding hydrogens is 491 g/mol. The van der Waals surface area contributed by atoms with Crippen molar-refractivity contribution in [2.45, 2.75) is 6.42 Å². The Bertz CT molecular complexity index is 1160. The molecule has 1 amide bonds. The fourth-order valence-corrected chi connectivity index (χ4v) is 4.43. The highest BCUT2D eigenvalue weighted by Crippen LogP contribution is 2.37. The number of anilines is 1. The molecule has 0 atom stereocenters. The highest BCUT2D eigenvalue weighted by molar-refractivity contribution is 7.22. The average molecular weight is 515 g/mol. The molecule has 0 N–H and O–H groups in total. The van der Waals surface area contributed by atoms with Crippen molar-refractivity contribution < 1.29 is 19.2 Å². The number of amides is 1.